The van der Waals surface area contributed by atoms with E-state index in [1.165, 1.54) is 6.42 Å². The van der Waals surface area contributed by atoms with E-state index in [0.29, 0.717) is 11.7 Å². The third-order valence-corrected chi connectivity index (χ3v) is 3.75. The number of nitrogens with zero attached hydrogens (tertiary/aromatic N) is 1. The van der Waals surface area contributed by atoms with Crippen LogP contribution in [-0.2, 0) is 0 Å². The lowest BCUT2D eigenvalue weighted by atomic mass is 9.89. The number of nitrogens with two attached hydrogens (primary N) is 1. The lowest BCUT2D eigenvalue weighted by Gasteiger charge is -2.40. The molecule has 0 bridgehead atoms. The first-order valence-corrected chi connectivity index (χ1v) is 6.69. The summed E-state index contributed by atoms with van der Waals surface area (Å²) in [4.78, 5) is 14.7. The Kier molecular flexibility index (Phi) is 5.24. The Balaban J connectivity index is 0.00000180. The van der Waals surface area contributed by atoms with Crippen molar-refractivity contribution in [2.75, 3.05) is 5.73 Å². The molecule has 0 radical (unpaired) electrons. The van der Waals surface area contributed by atoms with Gasteiger partial charge in [-0.3, -0.25) is 4.79 Å². The average molecular weight is 283 g/mol. The number of rotatable bonds is 3. The molecular weight excluding hydrogens is 260 g/mol. The van der Waals surface area contributed by atoms with Crippen LogP contribution in [0.4, 0.5) is 5.69 Å². The van der Waals surface area contributed by atoms with Gasteiger partial charge < -0.3 is 10.6 Å². The summed E-state index contributed by atoms with van der Waals surface area (Å²) in [6, 6.07) is 6.21. The monoisotopic (exact) mass is 282 g/mol. The van der Waals surface area contributed by atoms with Crippen LogP contribution in [0.15, 0.2) is 18.2 Å². The molecule has 1 amide bonds. The molecule has 0 aromatic heterocycles. The lowest BCUT2D eigenvalue weighted by molar-refractivity contribution is 0.0488. The summed E-state index contributed by atoms with van der Waals surface area (Å²) in [7, 11) is 0. The topological polar surface area (TPSA) is 46.3 Å². The van der Waals surface area contributed by atoms with E-state index in [0.717, 1.165) is 24.0 Å². The fourth-order valence-corrected chi connectivity index (χ4v) is 2.50. The smallest absolute Gasteiger partial charge is 0.254 e. The van der Waals surface area contributed by atoms with E-state index < -0.39 is 0 Å². The molecule has 2 N–H and O–H groups in total. The molecule has 1 aliphatic carbocycles. The van der Waals surface area contributed by atoms with Gasteiger partial charge in [0.1, 0.15) is 0 Å². The highest BCUT2D eigenvalue weighted by Crippen LogP contribution is 2.28. The first kappa shape index (κ1) is 15.8. The van der Waals surface area contributed by atoms with Gasteiger partial charge in [0.25, 0.3) is 5.91 Å². The van der Waals surface area contributed by atoms with Gasteiger partial charge in [0, 0.05) is 23.3 Å². The Morgan fingerprint density at radius 2 is 2.00 bits per heavy atom. The molecule has 4 heteroatoms. The van der Waals surface area contributed by atoms with Gasteiger partial charge in [-0.25, -0.2) is 0 Å². The quantitative estimate of drug-likeness (QED) is 0.864. The lowest BCUT2D eigenvalue weighted by Crippen LogP contribution is -2.48. The maximum absolute atomic E-state index is 12.7. The molecule has 0 aliphatic heterocycles. The third-order valence-electron chi connectivity index (χ3n) is 3.75. The predicted molar refractivity (Wildman–Crippen MR) is 81.8 cm³/mol. The summed E-state index contributed by atoms with van der Waals surface area (Å²) in [5.41, 5.74) is 8.19. The van der Waals surface area contributed by atoms with Crippen LogP contribution in [-0.4, -0.2) is 22.9 Å². The van der Waals surface area contributed by atoms with Gasteiger partial charge in [0.2, 0.25) is 0 Å². The summed E-state index contributed by atoms with van der Waals surface area (Å²) in [6.07, 6.45) is 3.49. The molecule has 1 aromatic rings. The van der Waals surface area contributed by atoms with Crippen LogP contribution in [0.25, 0.3) is 0 Å². The first-order chi connectivity index (χ1) is 8.50. The van der Waals surface area contributed by atoms with Crippen LogP contribution in [0.1, 0.15) is 49.0 Å². The number of halogens is 1. The summed E-state index contributed by atoms with van der Waals surface area (Å²) in [5.74, 6) is 0.125. The molecule has 0 atom stereocenters. The van der Waals surface area contributed by atoms with Crippen LogP contribution < -0.4 is 5.73 Å². The highest BCUT2D eigenvalue weighted by molar-refractivity contribution is 5.97. The number of hydrogen-bond acceptors (Lipinski definition) is 2. The predicted octanol–water partition coefficient (Wildman–Crippen LogP) is 3.40. The van der Waals surface area contributed by atoms with Gasteiger partial charge in [-0.05, 0) is 57.7 Å². The van der Waals surface area contributed by atoms with E-state index in [9.17, 15) is 4.79 Å². The minimum Gasteiger partial charge on any atom is -0.399 e. The fourth-order valence-electron chi connectivity index (χ4n) is 2.50. The molecule has 1 aliphatic rings. The molecule has 1 saturated carbocycles. The zero-order valence-electron chi connectivity index (χ0n) is 11.8. The molecule has 1 fully saturated rings. The molecule has 0 spiro atoms. The number of carbonyl (C=O) groups is 1. The summed E-state index contributed by atoms with van der Waals surface area (Å²) in [6.45, 7) is 6.13. The number of aryl methyl sites for hydroxylation is 1. The zero-order valence-corrected chi connectivity index (χ0v) is 12.7. The second-order valence-electron chi connectivity index (χ2n) is 5.47. The summed E-state index contributed by atoms with van der Waals surface area (Å²) < 4.78 is 0. The Bertz CT molecular complexity index is 455. The van der Waals surface area contributed by atoms with Gasteiger partial charge in [-0.1, -0.05) is 6.07 Å². The van der Waals surface area contributed by atoms with Gasteiger partial charge in [-0.15, -0.1) is 12.4 Å². The Hall–Kier alpha value is -1.22. The normalized spacial score (nSPS) is 14.7. The maximum atomic E-state index is 12.7. The second kappa shape index (κ2) is 6.29. The fraction of sp³-hybridized carbons (Fsp3) is 0.533. The number of benzene rings is 1. The molecule has 3 nitrogen and oxygen atoms in total. The van der Waals surface area contributed by atoms with Crippen molar-refractivity contribution >= 4 is 24.0 Å². The minimum atomic E-state index is 0. The number of hydrogen-bond donors (Lipinski definition) is 1. The molecule has 0 unspecified atom stereocenters. The molecular formula is C15H23ClN2O. The molecule has 0 heterocycles. The summed E-state index contributed by atoms with van der Waals surface area (Å²) in [5, 5.41) is 0. The van der Waals surface area contributed by atoms with E-state index in [-0.39, 0.29) is 24.4 Å². The SMILES string of the molecule is Cc1ccc(N)cc1C(=O)N(C(C)C)C1CCC1.Cl. The number of carbonyl (C=O) groups excluding carboxylic acids is 1. The molecule has 0 saturated heterocycles. The van der Waals surface area contributed by atoms with Gasteiger partial charge in [-0.2, -0.15) is 0 Å². The van der Waals surface area contributed by atoms with E-state index >= 15 is 0 Å². The van der Waals surface area contributed by atoms with Crippen molar-refractivity contribution in [1.29, 1.82) is 0 Å². The Labute approximate surface area is 121 Å². The van der Waals surface area contributed by atoms with Crippen LogP contribution in [0, 0.1) is 6.92 Å². The second-order valence-corrected chi connectivity index (χ2v) is 5.47. The van der Waals surface area contributed by atoms with Gasteiger partial charge >= 0.3 is 0 Å². The molecule has 19 heavy (non-hydrogen) atoms. The highest BCUT2D eigenvalue weighted by atomic mass is 35.5. The van der Waals surface area contributed by atoms with Crippen molar-refractivity contribution in [1.82, 2.24) is 4.90 Å². The van der Waals surface area contributed by atoms with Gasteiger partial charge in [0.15, 0.2) is 0 Å². The highest BCUT2D eigenvalue weighted by Gasteiger charge is 2.31. The minimum absolute atomic E-state index is 0. The molecule has 1 aromatic carbocycles. The van der Waals surface area contributed by atoms with E-state index in [4.69, 9.17) is 5.73 Å². The third kappa shape index (κ3) is 3.21. The van der Waals surface area contributed by atoms with Crippen LogP contribution in [0.2, 0.25) is 0 Å². The maximum Gasteiger partial charge on any atom is 0.254 e. The largest absolute Gasteiger partial charge is 0.399 e. The number of amides is 1. The van der Waals surface area contributed by atoms with Crippen molar-refractivity contribution in [2.24, 2.45) is 0 Å². The average Bonchev–Trinajstić information content (AvgIpc) is 2.25. The van der Waals surface area contributed by atoms with Crippen molar-refractivity contribution in [2.45, 2.75) is 52.1 Å². The standard InChI is InChI=1S/C15H22N2O.ClH/c1-10(2)17(13-5-4-6-13)15(18)14-9-12(16)8-7-11(14)3;/h7-10,13H,4-6,16H2,1-3H3;1H. The van der Waals surface area contributed by atoms with Crippen LogP contribution >= 0.6 is 12.4 Å². The van der Waals surface area contributed by atoms with Crippen molar-refractivity contribution in [3.05, 3.63) is 29.3 Å². The Morgan fingerprint density at radius 3 is 2.47 bits per heavy atom. The van der Waals surface area contributed by atoms with Crippen molar-refractivity contribution < 1.29 is 4.79 Å². The first-order valence-electron chi connectivity index (χ1n) is 6.69. The van der Waals surface area contributed by atoms with Crippen molar-refractivity contribution in [3.63, 3.8) is 0 Å². The summed E-state index contributed by atoms with van der Waals surface area (Å²) >= 11 is 0. The van der Waals surface area contributed by atoms with Gasteiger partial charge in [0.05, 0.1) is 0 Å². The van der Waals surface area contributed by atoms with E-state index in [1.54, 1.807) is 6.07 Å². The van der Waals surface area contributed by atoms with E-state index in [1.807, 2.05) is 24.0 Å². The Morgan fingerprint density at radius 1 is 1.37 bits per heavy atom. The number of anilines is 1. The van der Waals surface area contributed by atoms with Crippen molar-refractivity contribution in [3.8, 4) is 0 Å². The zero-order chi connectivity index (χ0) is 13.3. The molecule has 2 rings (SSSR count). The molecule has 106 valence electrons. The van der Waals surface area contributed by atoms with Crippen LogP contribution in [0.5, 0.6) is 0 Å². The van der Waals surface area contributed by atoms with Crippen LogP contribution in [0.3, 0.4) is 0 Å². The number of nitrogen functional groups attached to an aromatic ring is 1. The van der Waals surface area contributed by atoms with E-state index in [2.05, 4.69) is 13.8 Å².